The first kappa shape index (κ1) is 27.7. The molecule has 1 saturated heterocycles. The van der Waals surface area contributed by atoms with Gasteiger partial charge in [-0.1, -0.05) is 30.7 Å². The average Bonchev–Trinajstić information content (AvgIpc) is 2.85. The SMILES string of the molecule is CCc1ccc(C)c(N=C(N)C(C)NC(=O)c2ccc(C(=O)N3CCNC(=O)C3CC(=O)O)c(Cl)c2)c1. The zero-order chi connectivity index (χ0) is 27.3. The number of amides is 3. The van der Waals surface area contributed by atoms with Gasteiger partial charge in [-0.15, -0.1) is 0 Å². The van der Waals surface area contributed by atoms with E-state index in [-0.39, 0.29) is 35.1 Å². The number of amidine groups is 1. The molecule has 2 aromatic rings. The molecule has 3 rings (SSSR count). The Labute approximate surface area is 219 Å². The number of aryl methyl sites for hydroxylation is 2. The van der Waals surface area contributed by atoms with Crippen molar-refractivity contribution in [3.63, 3.8) is 0 Å². The molecule has 1 aliphatic heterocycles. The van der Waals surface area contributed by atoms with Crippen LogP contribution in [0.3, 0.4) is 0 Å². The molecule has 1 heterocycles. The van der Waals surface area contributed by atoms with Gasteiger partial charge in [-0.3, -0.25) is 19.2 Å². The number of nitrogens with one attached hydrogen (secondary N) is 2. The highest BCUT2D eigenvalue weighted by molar-refractivity contribution is 6.34. The van der Waals surface area contributed by atoms with Crippen LogP contribution < -0.4 is 16.4 Å². The van der Waals surface area contributed by atoms with Crippen LogP contribution in [0.1, 0.15) is 52.1 Å². The fourth-order valence-electron chi connectivity index (χ4n) is 3.90. The standard InChI is InChI=1S/C26H30ClN5O5/c1-4-16-6-5-14(2)20(11-16)31-23(28)15(3)30-24(35)17-7-8-18(19(27)12-17)26(37)32-10-9-29-25(36)21(32)13-22(33)34/h5-8,11-12,15,21H,4,9-10,13H2,1-3H3,(H2,28,31)(H,29,36)(H,30,35)(H,33,34). The number of piperazine rings is 1. The lowest BCUT2D eigenvalue weighted by Crippen LogP contribution is -2.57. The molecule has 3 amide bonds. The fraction of sp³-hybridized carbons (Fsp3) is 0.346. The summed E-state index contributed by atoms with van der Waals surface area (Å²) in [7, 11) is 0. The highest BCUT2D eigenvalue weighted by Crippen LogP contribution is 2.23. The van der Waals surface area contributed by atoms with Crippen LogP contribution in [0.5, 0.6) is 0 Å². The van der Waals surface area contributed by atoms with Crippen LogP contribution in [-0.4, -0.2) is 64.7 Å². The zero-order valence-corrected chi connectivity index (χ0v) is 21.6. The third kappa shape index (κ3) is 6.65. The van der Waals surface area contributed by atoms with E-state index in [4.69, 9.17) is 22.4 Å². The zero-order valence-electron chi connectivity index (χ0n) is 20.9. The normalized spacial score (nSPS) is 16.6. The van der Waals surface area contributed by atoms with Crippen LogP contribution in [-0.2, 0) is 16.0 Å². The summed E-state index contributed by atoms with van der Waals surface area (Å²) in [6.07, 6.45) is 0.332. The third-order valence-corrected chi connectivity index (χ3v) is 6.46. The van der Waals surface area contributed by atoms with Gasteiger partial charge >= 0.3 is 5.97 Å². The first-order chi connectivity index (χ1) is 17.5. The molecule has 0 saturated carbocycles. The molecular weight excluding hydrogens is 498 g/mol. The molecule has 0 bridgehead atoms. The monoisotopic (exact) mass is 527 g/mol. The van der Waals surface area contributed by atoms with E-state index in [2.05, 4.69) is 15.6 Å². The molecule has 0 aliphatic carbocycles. The molecule has 0 aromatic heterocycles. The third-order valence-electron chi connectivity index (χ3n) is 6.14. The Balaban J connectivity index is 1.74. The summed E-state index contributed by atoms with van der Waals surface area (Å²) in [5.74, 6) is -2.57. The second kappa shape index (κ2) is 11.9. The van der Waals surface area contributed by atoms with E-state index in [0.29, 0.717) is 0 Å². The summed E-state index contributed by atoms with van der Waals surface area (Å²) in [6.45, 7) is 6.02. The number of aliphatic imine (C=N–C) groups is 1. The predicted molar refractivity (Wildman–Crippen MR) is 140 cm³/mol. The van der Waals surface area contributed by atoms with Crippen molar-refractivity contribution >= 4 is 46.8 Å². The number of hydrogen-bond donors (Lipinski definition) is 4. The molecular formula is C26H30ClN5O5. The number of nitrogens with two attached hydrogens (primary N) is 1. The van der Waals surface area contributed by atoms with Gasteiger partial charge in [0, 0.05) is 18.7 Å². The predicted octanol–water partition coefficient (Wildman–Crippen LogP) is 2.43. The Morgan fingerprint density at radius 3 is 2.65 bits per heavy atom. The van der Waals surface area contributed by atoms with Gasteiger partial charge in [-0.05, 0) is 55.7 Å². The van der Waals surface area contributed by atoms with E-state index >= 15 is 0 Å². The van der Waals surface area contributed by atoms with Crippen LogP contribution >= 0.6 is 11.6 Å². The van der Waals surface area contributed by atoms with E-state index in [9.17, 15) is 19.2 Å². The molecule has 1 fully saturated rings. The number of rotatable bonds is 8. The molecule has 0 spiro atoms. The number of hydrogen-bond acceptors (Lipinski definition) is 5. The van der Waals surface area contributed by atoms with Crippen molar-refractivity contribution in [3.8, 4) is 0 Å². The van der Waals surface area contributed by atoms with Gasteiger partial charge < -0.3 is 26.4 Å². The number of nitrogens with zero attached hydrogens (tertiary/aromatic N) is 2. The highest BCUT2D eigenvalue weighted by atomic mass is 35.5. The maximum Gasteiger partial charge on any atom is 0.305 e. The minimum Gasteiger partial charge on any atom is -0.481 e. The summed E-state index contributed by atoms with van der Waals surface area (Å²) in [4.78, 5) is 54.9. The van der Waals surface area contributed by atoms with E-state index in [1.165, 1.54) is 23.1 Å². The van der Waals surface area contributed by atoms with Crippen molar-refractivity contribution < 1.29 is 24.3 Å². The summed E-state index contributed by atoms with van der Waals surface area (Å²) in [5, 5.41) is 14.5. The lowest BCUT2D eigenvalue weighted by Gasteiger charge is -2.34. The van der Waals surface area contributed by atoms with Crippen LogP contribution in [0, 0.1) is 6.92 Å². The molecule has 2 unspecified atom stereocenters. The minimum atomic E-state index is -1.21. The van der Waals surface area contributed by atoms with Gasteiger partial charge in [-0.25, -0.2) is 4.99 Å². The lowest BCUT2D eigenvalue weighted by molar-refractivity contribution is -0.142. The molecule has 5 N–H and O–H groups in total. The molecule has 1 aliphatic rings. The molecule has 2 atom stereocenters. The van der Waals surface area contributed by atoms with Crippen LogP contribution in [0.25, 0.3) is 0 Å². The van der Waals surface area contributed by atoms with Gasteiger partial charge in [0.25, 0.3) is 11.8 Å². The van der Waals surface area contributed by atoms with Crippen molar-refractivity contribution in [2.24, 2.45) is 10.7 Å². The molecule has 11 heteroatoms. The fourth-order valence-corrected chi connectivity index (χ4v) is 4.16. The Morgan fingerprint density at radius 2 is 2.00 bits per heavy atom. The van der Waals surface area contributed by atoms with Gasteiger partial charge in [0.05, 0.1) is 28.7 Å². The maximum atomic E-state index is 13.1. The molecule has 196 valence electrons. The Hall–Kier alpha value is -3.92. The van der Waals surface area contributed by atoms with E-state index in [1.54, 1.807) is 6.92 Å². The van der Waals surface area contributed by atoms with Crippen molar-refractivity contribution in [2.45, 2.75) is 45.7 Å². The molecule has 2 aromatic carbocycles. The van der Waals surface area contributed by atoms with Crippen LogP contribution in [0.15, 0.2) is 41.4 Å². The van der Waals surface area contributed by atoms with Crippen LogP contribution in [0.2, 0.25) is 5.02 Å². The highest BCUT2D eigenvalue weighted by Gasteiger charge is 2.35. The number of carboxylic acids is 1. The Kier molecular flexibility index (Phi) is 8.88. The molecule has 37 heavy (non-hydrogen) atoms. The number of carbonyl (C=O) groups excluding carboxylic acids is 3. The molecule has 10 nitrogen and oxygen atoms in total. The average molecular weight is 528 g/mol. The van der Waals surface area contributed by atoms with Crippen molar-refractivity contribution in [1.82, 2.24) is 15.5 Å². The van der Waals surface area contributed by atoms with E-state index in [0.717, 1.165) is 23.2 Å². The lowest BCUT2D eigenvalue weighted by atomic mass is 10.0. The van der Waals surface area contributed by atoms with Gasteiger partial charge in [0.15, 0.2) is 0 Å². The maximum absolute atomic E-state index is 13.1. The second-order valence-electron chi connectivity index (χ2n) is 8.80. The summed E-state index contributed by atoms with van der Waals surface area (Å²) >= 11 is 6.34. The number of carbonyl (C=O) groups is 4. The van der Waals surface area contributed by atoms with Gasteiger partial charge in [0.2, 0.25) is 5.91 Å². The smallest absolute Gasteiger partial charge is 0.305 e. The van der Waals surface area contributed by atoms with Crippen molar-refractivity contribution in [2.75, 3.05) is 13.1 Å². The van der Waals surface area contributed by atoms with Crippen LogP contribution in [0.4, 0.5) is 5.69 Å². The number of aliphatic carboxylic acids is 1. The summed E-state index contributed by atoms with van der Waals surface area (Å²) < 4.78 is 0. The summed E-state index contributed by atoms with van der Waals surface area (Å²) in [6, 6.07) is 8.38. The Morgan fingerprint density at radius 1 is 1.27 bits per heavy atom. The van der Waals surface area contributed by atoms with E-state index in [1.807, 2.05) is 32.0 Å². The second-order valence-corrected chi connectivity index (χ2v) is 9.21. The first-order valence-electron chi connectivity index (χ1n) is 11.9. The van der Waals surface area contributed by atoms with Crippen molar-refractivity contribution in [1.29, 1.82) is 0 Å². The van der Waals surface area contributed by atoms with Gasteiger partial charge in [-0.2, -0.15) is 0 Å². The van der Waals surface area contributed by atoms with Crippen molar-refractivity contribution in [3.05, 3.63) is 63.7 Å². The quantitative estimate of drug-likeness (QED) is 0.305. The Bertz CT molecular complexity index is 1260. The van der Waals surface area contributed by atoms with Gasteiger partial charge in [0.1, 0.15) is 11.9 Å². The number of carboxylic acid groups (broad SMARTS) is 1. The topological polar surface area (TPSA) is 154 Å². The minimum absolute atomic E-state index is 0.000922. The molecule has 0 radical (unpaired) electrons. The van der Waals surface area contributed by atoms with E-state index < -0.39 is 42.2 Å². The largest absolute Gasteiger partial charge is 0.481 e. The first-order valence-corrected chi connectivity index (χ1v) is 12.2. The summed E-state index contributed by atoms with van der Waals surface area (Å²) in [5.41, 5.74) is 9.23. The number of halogens is 1. The number of benzene rings is 2.